The Morgan fingerprint density at radius 3 is 2.11 bits per heavy atom. The molecule has 0 saturated heterocycles. The summed E-state index contributed by atoms with van der Waals surface area (Å²) in [5, 5.41) is 4.04. The van der Waals surface area contributed by atoms with E-state index >= 15 is 0 Å². The Balaban J connectivity index is 1.69. The number of methoxy groups -OCH3 is 5. The third-order valence-electron chi connectivity index (χ3n) is 5.63. The molecule has 10 heteroatoms. The van der Waals surface area contributed by atoms with Crippen LogP contribution in [0.3, 0.4) is 0 Å². The number of rotatable bonds is 10. The van der Waals surface area contributed by atoms with Crippen LogP contribution in [0.4, 0.5) is 5.82 Å². The first kappa shape index (κ1) is 25.4. The Morgan fingerprint density at radius 2 is 1.51 bits per heavy atom. The Hall–Kier alpha value is -4.73. The predicted molar refractivity (Wildman–Crippen MR) is 136 cm³/mol. The largest absolute Gasteiger partial charge is 0.493 e. The molecule has 0 atom stereocenters. The van der Waals surface area contributed by atoms with Gasteiger partial charge in [0.15, 0.2) is 34.5 Å². The van der Waals surface area contributed by atoms with E-state index in [9.17, 15) is 4.79 Å². The lowest BCUT2D eigenvalue weighted by Gasteiger charge is -2.22. The SMILES string of the molecule is COc1ccc(-c2cc(C(=O)N(Cc3cc(OC)c(OC)c(OC)c3)c3ccccn3)no2)cc1OC. The third kappa shape index (κ3) is 5.27. The van der Waals surface area contributed by atoms with Crippen molar-refractivity contribution in [3.8, 4) is 40.1 Å². The molecule has 0 aliphatic rings. The number of carbonyl (C=O) groups is 1. The van der Waals surface area contributed by atoms with Gasteiger partial charge in [-0.25, -0.2) is 4.98 Å². The molecule has 2 aromatic carbocycles. The van der Waals surface area contributed by atoms with Crippen molar-refractivity contribution < 1.29 is 33.0 Å². The first-order valence-corrected chi connectivity index (χ1v) is 11.2. The number of pyridine rings is 1. The molecule has 1 amide bonds. The Bertz CT molecular complexity index is 1350. The fourth-order valence-corrected chi connectivity index (χ4v) is 3.82. The van der Waals surface area contributed by atoms with E-state index in [1.54, 1.807) is 75.0 Å². The number of amides is 1. The highest BCUT2D eigenvalue weighted by Gasteiger charge is 2.25. The smallest absolute Gasteiger partial charge is 0.281 e. The number of hydrogen-bond donors (Lipinski definition) is 0. The summed E-state index contributed by atoms with van der Waals surface area (Å²) in [5.74, 6) is 2.96. The number of carbonyl (C=O) groups excluding carboxylic acids is 1. The van der Waals surface area contributed by atoms with Crippen LogP contribution in [0, 0.1) is 0 Å². The second-order valence-electron chi connectivity index (χ2n) is 7.76. The van der Waals surface area contributed by atoms with Crippen LogP contribution in [0.25, 0.3) is 11.3 Å². The van der Waals surface area contributed by atoms with Gasteiger partial charge in [-0.05, 0) is 48.0 Å². The minimum atomic E-state index is -0.400. The molecule has 0 fully saturated rings. The molecule has 4 aromatic rings. The molecule has 0 saturated carbocycles. The van der Waals surface area contributed by atoms with Crippen molar-refractivity contribution in [1.82, 2.24) is 10.1 Å². The van der Waals surface area contributed by atoms with Crippen molar-refractivity contribution >= 4 is 11.7 Å². The van der Waals surface area contributed by atoms with E-state index in [0.29, 0.717) is 45.9 Å². The predicted octanol–water partition coefficient (Wildman–Crippen LogP) is 4.63. The number of nitrogens with zero attached hydrogens (tertiary/aromatic N) is 3. The van der Waals surface area contributed by atoms with E-state index in [1.807, 2.05) is 0 Å². The monoisotopic (exact) mass is 505 g/mol. The van der Waals surface area contributed by atoms with Gasteiger partial charge in [0.25, 0.3) is 5.91 Å². The van der Waals surface area contributed by atoms with Gasteiger partial charge in [0.1, 0.15) is 5.82 Å². The van der Waals surface area contributed by atoms with Gasteiger partial charge < -0.3 is 28.2 Å². The molecular weight excluding hydrogens is 478 g/mol. The molecule has 10 nitrogen and oxygen atoms in total. The van der Waals surface area contributed by atoms with Crippen molar-refractivity contribution in [2.45, 2.75) is 6.54 Å². The summed E-state index contributed by atoms with van der Waals surface area (Å²) in [6.07, 6.45) is 1.61. The molecular formula is C27H27N3O7. The summed E-state index contributed by atoms with van der Waals surface area (Å²) in [7, 11) is 7.71. The summed E-state index contributed by atoms with van der Waals surface area (Å²) in [4.78, 5) is 19.6. The van der Waals surface area contributed by atoms with Crippen molar-refractivity contribution in [3.63, 3.8) is 0 Å². The van der Waals surface area contributed by atoms with Gasteiger partial charge >= 0.3 is 0 Å². The summed E-state index contributed by atoms with van der Waals surface area (Å²) in [6.45, 7) is 0.158. The normalized spacial score (nSPS) is 10.5. The molecule has 4 rings (SSSR count). The second-order valence-corrected chi connectivity index (χ2v) is 7.76. The third-order valence-corrected chi connectivity index (χ3v) is 5.63. The molecule has 2 heterocycles. The molecule has 0 N–H and O–H groups in total. The van der Waals surface area contributed by atoms with Crippen molar-refractivity contribution in [3.05, 3.63) is 72.1 Å². The fourth-order valence-electron chi connectivity index (χ4n) is 3.82. The molecule has 37 heavy (non-hydrogen) atoms. The number of hydrogen-bond acceptors (Lipinski definition) is 9. The summed E-state index contributed by atoms with van der Waals surface area (Å²) in [5.41, 5.74) is 1.53. The maximum absolute atomic E-state index is 13.7. The van der Waals surface area contributed by atoms with E-state index < -0.39 is 5.91 Å². The van der Waals surface area contributed by atoms with Crippen molar-refractivity contribution in [1.29, 1.82) is 0 Å². The van der Waals surface area contributed by atoms with Crippen molar-refractivity contribution in [2.75, 3.05) is 40.4 Å². The Morgan fingerprint density at radius 1 is 0.811 bits per heavy atom. The maximum Gasteiger partial charge on any atom is 0.281 e. The van der Waals surface area contributed by atoms with E-state index in [1.165, 1.54) is 26.2 Å². The minimum absolute atomic E-state index is 0.114. The first-order valence-electron chi connectivity index (χ1n) is 11.2. The molecule has 0 bridgehead atoms. The molecule has 0 spiro atoms. The Labute approximate surface area is 214 Å². The van der Waals surface area contributed by atoms with Crippen LogP contribution < -0.4 is 28.6 Å². The summed E-state index contributed by atoms with van der Waals surface area (Å²) < 4.78 is 32.5. The first-order chi connectivity index (χ1) is 18.0. The van der Waals surface area contributed by atoms with Gasteiger partial charge in [0.05, 0.1) is 42.1 Å². The van der Waals surface area contributed by atoms with Gasteiger partial charge in [0, 0.05) is 17.8 Å². The van der Waals surface area contributed by atoms with Gasteiger partial charge in [-0.1, -0.05) is 11.2 Å². The van der Waals surface area contributed by atoms with Gasteiger partial charge in [-0.3, -0.25) is 9.69 Å². The van der Waals surface area contributed by atoms with Crippen LogP contribution in [0.15, 0.2) is 65.3 Å². The molecule has 2 aromatic heterocycles. The van der Waals surface area contributed by atoms with Crippen LogP contribution in [0.5, 0.6) is 28.7 Å². The number of aromatic nitrogens is 2. The van der Waals surface area contributed by atoms with Crippen LogP contribution in [0.2, 0.25) is 0 Å². The lowest BCUT2D eigenvalue weighted by atomic mass is 10.1. The second kappa shape index (κ2) is 11.3. The molecule has 0 unspecified atom stereocenters. The van der Waals surface area contributed by atoms with Gasteiger partial charge in [-0.2, -0.15) is 0 Å². The molecule has 0 aliphatic carbocycles. The van der Waals surface area contributed by atoms with E-state index in [-0.39, 0.29) is 12.2 Å². The Kier molecular flexibility index (Phi) is 7.77. The standard InChI is InChI=1S/C27H27N3O7/c1-32-20-10-9-18(14-22(20)33-2)21-15-19(29-37-21)27(31)30(25-8-6-7-11-28-25)16-17-12-23(34-3)26(36-5)24(13-17)35-4/h6-15H,16H2,1-5H3. The highest BCUT2D eigenvalue weighted by molar-refractivity contribution is 6.04. The number of ether oxygens (including phenoxy) is 5. The maximum atomic E-state index is 13.7. The lowest BCUT2D eigenvalue weighted by molar-refractivity contribution is 0.0975. The van der Waals surface area contributed by atoms with E-state index in [4.69, 9.17) is 28.2 Å². The highest BCUT2D eigenvalue weighted by Crippen LogP contribution is 2.39. The quantitative estimate of drug-likeness (QED) is 0.305. The van der Waals surface area contributed by atoms with Gasteiger partial charge in [-0.15, -0.1) is 0 Å². The van der Waals surface area contributed by atoms with Crippen molar-refractivity contribution in [2.24, 2.45) is 0 Å². The fraction of sp³-hybridized carbons (Fsp3) is 0.222. The zero-order valence-corrected chi connectivity index (χ0v) is 21.2. The number of anilines is 1. The molecule has 0 aliphatic heterocycles. The van der Waals surface area contributed by atoms with E-state index in [2.05, 4.69) is 10.1 Å². The zero-order chi connectivity index (χ0) is 26.4. The topological polar surface area (TPSA) is 105 Å². The average molecular weight is 506 g/mol. The lowest BCUT2D eigenvalue weighted by Crippen LogP contribution is -2.31. The minimum Gasteiger partial charge on any atom is -0.493 e. The van der Waals surface area contributed by atoms with Gasteiger partial charge in [0.2, 0.25) is 5.75 Å². The average Bonchev–Trinajstić information content (AvgIpc) is 3.45. The van der Waals surface area contributed by atoms with Crippen LogP contribution in [-0.4, -0.2) is 51.6 Å². The van der Waals surface area contributed by atoms with E-state index in [0.717, 1.165) is 5.56 Å². The van der Waals surface area contributed by atoms with Crippen LogP contribution in [-0.2, 0) is 6.54 Å². The highest BCUT2D eigenvalue weighted by atomic mass is 16.5. The zero-order valence-electron chi connectivity index (χ0n) is 21.2. The number of benzene rings is 2. The molecule has 192 valence electrons. The van der Waals surface area contributed by atoms with Crippen LogP contribution in [0.1, 0.15) is 16.1 Å². The summed E-state index contributed by atoms with van der Waals surface area (Å²) in [6, 6.07) is 15.8. The summed E-state index contributed by atoms with van der Waals surface area (Å²) >= 11 is 0. The molecule has 0 radical (unpaired) electrons. The van der Waals surface area contributed by atoms with Crippen LogP contribution >= 0.6 is 0 Å².